The van der Waals surface area contributed by atoms with Crippen LogP contribution in [-0.4, -0.2) is 34.4 Å². The average Bonchev–Trinajstić information content (AvgIpc) is 2.86. The Labute approximate surface area is 105 Å². The van der Waals surface area contributed by atoms with Gasteiger partial charge in [0.2, 0.25) is 0 Å². The Morgan fingerprint density at radius 3 is 3.00 bits per heavy atom. The summed E-state index contributed by atoms with van der Waals surface area (Å²) in [6.45, 7) is 2.67. The fraction of sp³-hybridized carbons (Fsp3) is 0.583. The zero-order chi connectivity index (χ0) is 13.1. The predicted molar refractivity (Wildman–Crippen MR) is 65.4 cm³/mol. The van der Waals surface area contributed by atoms with E-state index in [1.807, 2.05) is 6.92 Å². The Morgan fingerprint density at radius 2 is 2.39 bits per heavy atom. The molecule has 0 bridgehead atoms. The molecule has 1 N–H and O–H groups in total. The van der Waals surface area contributed by atoms with Gasteiger partial charge < -0.3 is 10.1 Å². The summed E-state index contributed by atoms with van der Waals surface area (Å²) >= 11 is 0. The number of nitrogens with zero attached hydrogens (tertiary/aromatic N) is 2. The van der Waals surface area contributed by atoms with Crippen LogP contribution in [0.4, 0.5) is 0 Å². The minimum absolute atomic E-state index is 0.0564. The Hall–Kier alpha value is -1.69. The van der Waals surface area contributed by atoms with Crippen LogP contribution in [0.1, 0.15) is 30.3 Å². The second-order valence-electron chi connectivity index (χ2n) is 4.49. The normalized spacial score (nSPS) is 20.7. The molecule has 0 radical (unpaired) electrons. The lowest BCUT2D eigenvalue weighted by atomic mass is 10.1. The highest BCUT2D eigenvalue weighted by atomic mass is 16.5. The van der Waals surface area contributed by atoms with Gasteiger partial charge in [-0.25, -0.2) is 4.68 Å². The summed E-state index contributed by atoms with van der Waals surface area (Å²) in [7, 11) is 1.52. The van der Waals surface area contributed by atoms with Crippen LogP contribution in [0.3, 0.4) is 0 Å². The Morgan fingerprint density at radius 1 is 1.61 bits per heavy atom. The van der Waals surface area contributed by atoms with Crippen LogP contribution in [0, 0.1) is 0 Å². The molecule has 0 saturated carbocycles. The van der Waals surface area contributed by atoms with E-state index in [2.05, 4.69) is 10.4 Å². The van der Waals surface area contributed by atoms with Crippen molar-refractivity contribution >= 4 is 5.91 Å². The molecule has 6 nitrogen and oxygen atoms in total. The van der Waals surface area contributed by atoms with Crippen molar-refractivity contribution in [3.63, 3.8) is 0 Å². The molecule has 2 rings (SSSR count). The van der Waals surface area contributed by atoms with E-state index in [9.17, 15) is 9.59 Å². The quantitative estimate of drug-likeness (QED) is 0.825. The minimum atomic E-state index is -0.284. The molecule has 1 aromatic rings. The van der Waals surface area contributed by atoms with E-state index in [1.54, 1.807) is 0 Å². The Bertz CT molecular complexity index is 492. The lowest BCUT2D eigenvalue weighted by Gasteiger charge is -2.19. The van der Waals surface area contributed by atoms with Crippen molar-refractivity contribution in [2.45, 2.75) is 31.9 Å². The molecule has 2 heterocycles. The van der Waals surface area contributed by atoms with Crippen LogP contribution in [0.2, 0.25) is 0 Å². The predicted octanol–water partition coefficient (Wildman–Crippen LogP) is 0.0776. The lowest BCUT2D eigenvalue weighted by Crippen LogP contribution is -2.41. The molecule has 1 amide bonds. The number of hydrogen-bond acceptors (Lipinski definition) is 4. The van der Waals surface area contributed by atoms with Crippen molar-refractivity contribution in [3.05, 3.63) is 28.2 Å². The topological polar surface area (TPSA) is 73.2 Å². The van der Waals surface area contributed by atoms with Gasteiger partial charge in [0.25, 0.3) is 11.5 Å². The number of rotatable bonds is 3. The van der Waals surface area contributed by atoms with Gasteiger partial charge in [-0.05, 0) is 25.8 Å². The van der Waals surface area contributed by atoms with Crippen LogP contribution in [-0.2, 0) is 11.8 Å². The molecule has 0 aromatic carbocycles. The summed E-state index contributed by atoms with van der Waals surface area (Å²) in [4.78, 5) is 23.1. The van der Waals surface area contributed by atoms with E-state index in [0.29, 0.717) is 0 Å². The summed E-state index contributed by atoms with van der Waals surface area (Å²) in [5.41, 5.74) is 0.000622. The van der Waals surface area contributed by atoms with Gasteiger partial charge in [-0.2, -0.15) is 5.10 Å². The molecule has 1 saturated heterocycles. The Balaban J connectivity index is 2.02. The fourth-order valence-electron chi connectivity index (χ4n) is 1.99. The first-order valence-corrected chi connectivity index (χ1v) is 6.05. The van der Waals surface area contributed by atoms with Gasteiger partial charge in [-0.3, -0.25) is 9.59 Å². The van der Waals surface area contributed by atoms with Gasteiger partial charge in [0.1, 0.15) is 5.69 Å². The number of carbonyl (C=O) groups is 1. The summed E-state index contributed by atoms with van der Waals surface area (Å²) < 4.78 is 6.65. The summed E-state index contributed by atoms with van der Waals surface area (Å²) in [6, 6.07) is 2.71. The summed E-state index contributed by atoms with van der Waals surface area (Å²) in [5.74, 6) is -0.284. The van der Waals surface area contributed by atoms with E-state index >= 15 is 0 Å². The molecule has 0 aliphatic carbocycles. The van der Waals surface area contributed by atoms with Crippen LogP contribution in [0.25, 0.3) is 0 Å². The van der Waals surface area contributed by atoms with E-state index in [0.717, 1.165) is 24.1 Å². The van der Waals surface area contributed by atoms with E-state index < -0.39 is 0 Å². The molecular formula is C12H17N3O3. The largest absolute Gasteiger partial charge is 0.376 e. The first kappa shape index (κ1) is 12.8. The zero-order valence-electron chi connectivity index (χ0n) is 10.5. The number of carbonyl (C=O) groups excluding carboxylic acids is 1. The second kappa shape index (κ2) is 5.30. The van der Waals surface area contributed by atoms with Crippen LogP contribution in [0.5, 0.6) is 0 Å². The van der Waals surface area contributed by atoms with Crippen molar-refractivity contribution in [2.24, 2.45) is 7.05 Å². The molecule has 1 aliphatic heterocycles. The number of aryl methyl sites for hydroxylation is 1. The number of ether oxygens (including phenoxy) is 1. The molecule has 18 heavy (non-hydrogen) atoms. The molecule has 0 unspecified atom stereocenters. The number of aromatic nitrogens is 2. The van der Waals surface area contributed by atoms with Gasteiger partial charge in [0.05, 0.1) is 12.1 Å². The number of hydrogen-bond donors (Lipinski definition) is 1. The van der Waals surface area contributed by atoms with Crippen molar-refractivity contribution in [1.82, 2.24) is 15.1 Å². The third kappa shape index (κ3) is 2.76. The maximum Gasteiger partial charge on any atom is 0.272 e. The van der Waals surface area contributed by atoms with Crippen LogP contribution >= 0.6 is 0 Å². The molecular weight excluding hydrogens is 234 g/mol. The van der Waals surface area contributed by atoms with Gasteiger partial charge in [-0.15, -0.1) is 0 Å². The van der Waals surface area contributed by atoms with Crippen molar-refractivity contribution in [3.8, 4) is 0 Å². The monoisotopic (exact) mass is 251 g/mol. The maximum absolute atomic E-state index is 11.9. The lowest BCUT2D eigenvalue weighted by molar-refractivity contribution is 0.0708. The van der Waals surface area contributed by atoms with Crippen molar-refractivity contribution in [1.29, 1.82) is 0 Å². The van der Waals surface area contributed by atoms with Gasteiger partial charge in [0, 0.05) is 19.7 Å². The third-order valence-electron chi connectivity index (χ3n) is 3.07. The first-order valence-electron chi connectivity index (χ1n) is 6.05. The number of amides is 1. The number of nitrogens with one attached hydrogen (secondary N) is 1. The highest BCUT2D eigenvalue weighted by Crippen LogP contribution is 2.15. The minimum Gasteiger partial charge on any atom is -0.376 e. The molecule has 1 aromatic heterocycles. The second-order valence-corrected chi connectivity index (χ2v) is 4.49. The Kier molecular flexibility index (Phi) is 3.76. The molecule has 1 fully saturated rings. The van der Waals surface area contributed by atoms with Crippen LogP contribution < -0.4 is 10.9 Å². The van der Waals surface area contributed by atoms with E-state index in [1.165, 1.54) is 19.2 Å². The highest BCUT2D eigenvalue weighted by Gasteiger charge is 2.24. The highest BCUT2D eigenvalue weighted by molar-refractivity contribution is 5.92. The molecule has 1 aliphatic rings. The van der Waals surface area contributed by atoms with Crippen molar-refractivity contribution < 1.29 is 9.53 Å². The first-order chi connectivity index (χ1) is 8.58. The zero-order valence-corrected chi connectivity index (χ0v) is 10.5. The smallest absolute Gasteiger partial charge is 0.272 e. The SMILES string of the molecule is C[C@@H](NC(=O)c1ccc(=O)n(C)n1)[C@@H]1CCCO1. The molecule has 6 heteroatoms. The molecule has 0 spiro atoms. The van der Waals surface area contributed by atoms with E-state index in [-0.39, 0.29) is 29.3 Å². The fourth-order valence-corrected chi connectivity index (χ4v) is 1.99. The van der Waals surface area contributed by atoms with Crippen molar-refractivity contribution in [2.75, 3.05) is 6.61 Å². The third-order valence-corrected chi connectivity index (χ3v) is 3.07. The average molecular weight is 251 g/mol. The van der Waals surface area contributed by atoms with E-state index in [4.69, 9.17) is 4.74 Å². The summed E-state index contributed by atoms with van der Waals surface area (Å²) in [6.07, 6.45) is 2.06. The van der Waals surface area contributed by atoms with Gasteiger partial charge in [-0.1, -0.05) is 0 Å². The van der Waals surface area contributed by atoms with Gasteiger partial charge >= 0.3 is 0 Å². The maximum atomic E-state index is 11.9. The standard InChI is InChI=1S/C12H17N3O3/c1-8(10-4-3-7-18-10)13-12(17)9-5-6-11(16)15(2)14-9/h5-6,8,10H,3-4,7H2,1-2H3,(H,13,17)/t8-,10+/m1/s1. The summed E-state index contributed by atoms with van der Waals surface area (Å²) in [5, 5.41) is 6.75. The van der Waals surface area contributed by atoms with Crippen LogP contribution in [0.15, 0.2) is 16.9 Å². The van der Waals surface area contributed by atoms with Gasteiger partial charge in [0.15, 0.2) is 0 Å². The molecule has 98 valence electrons. The molecule has 2 atom stereocenters.